The highest BCUT2D eigenvalue weighted by atomic mass is 79.9. The van der Waals surface area contributed by atoms with Crippen LogP contribution in [0.1, 0.15) is 32.4 Å². The van der Waals surface area contributed by atoms with Crippen molar-refractivity contribution in [1.82, 2.24) is 4.90 Å². The number of rotatable bonds is 1. The lowest BCUT2D eigenvalue weighted by Crippen LogP contribution is -2.46. The first-order valence-electron chi connectivity index (χ1n) is 6.54. The standard InChI is InChI=1S/C15H20BrNO2/c1-15(2,3)14(18)17-8-9-19-13(10-17)11-4-6-12(16)7-5-11/h4-7,13H,8-10H2,1-3H3. The summed E-state index contributed by atoms with van der Waals surface area (Å²) in [6.07, 6.45) is -0.0202. The maximum absolute atomic E-state index is 12.3. The topological polar surface area (TPSA) is 29.5 Å². The molecule has 1 heterocycles. The van der Waals surface area contributed by atoms with Crippen LogP contribution in [0.4, 0.5) is 0 Å². The van der Waals surface area contributed by atoms with Gasteiger partial charge in [-0.2, -0.15) is 0 Å². The molecule has 1 aromatic carbocycles. The van der Waals surface area contributed by atoms with E-state index in [4.69, 9.17) is 4.74 Å². The number of amides is 1. The van der Waals surface area contributed by atoms with Crippen molar-refractivity contribution in [2.24, 2.45) is 5.41 Å². The van der Waals surface area contributed by atoms with Gasteiger partial charge in [0.1, 0.15) is 6.10 Å². The fraction of sp³-hybridized carbons (Fsp3) is 0.533. The number of ether oxygens (including phenoxy) is 1. The number of carbonyl (C=O) groups is 1. The average molecular weight is 326 g/mol. The maximum Gasteiger partial charge on any atom is 0.228 e. The second-order valence-electron chi connectivity index (χ2n) is 5.91. The Morgan fingerprint density at radius 2 is 1.95 bits per heavy atom. The van der Waals surface area contributed by atoms with Crippen molar-refractivity contribution >= 4 is 21.8 Å². The van der Waals surface area contributed by atoms with Gasteiger partial charge in [0.25, 0.3) is 0 Å². The van der Waals surface area contributed by atoms with Gasteiger partial charge in [-0.25, -0.2) is 0 Å². The number of benzene rings is 1. The molecule has 0 bridgehead atoms. The predicted molar refractivity (Wildman–Crippen MR) is 78.9 cm³/mol. The molecule has 1 fully saturated rings. The van der Waals surface area contributed by atoms with Crippen molar-refractivity contribution in [2.45, 2.75) is 26.9 Å². The Morgan fingerprint density at radius 1 is 1.32 bits per heavy atom. The van der Waals surface area contributed by atoms with E-state index in [0.29, 0.717) is 19.7 Å². The minimum atomic E-state index is -0.332. The summed E-state index contributed by atoms with van der Waals surface area (Å²) in [7, 11) is 0. The van der Waals surface area contributed by atoms with Gasteiger partial charge in [-0.3, -0.25) is 4.79 Å². The van der Waals surface area contributed by atoms with Crippen molar-refractivity contribution in [3.8, 4) is 0 Å². The zero-order chi connectivity index (χ0) is 14.0. The van der Waals surface area contributed by atoms with E-state index in [9.17, 15) is 4.79 Å². The van der Waals surface area contributed by atoms with E-state index in [1.165, 1.54) is 0 Å². The first kappa shape index (κ1) is 14.5. The van der Waals surface area contributed by atoms with Gasteiger partial charge in [-0.05, 0) is 17.7 Å². The molecule has 0 radical (unpaired) electrons. The first-order chi connectivity index (χ1) is 8.88. The molecule has 19 heavy (non-hydrogen) atoms. The summed E-state index contributed by atoms with van der Waals surface area (Å²) in [4.78, 5) is 14.2. The van der Waals surface area contributed by atoms with Crippen LogP contribution in [0.2, 0.25) is 0 Å². The van der Waals surface area contributed by atoms with Crippen molar-refractivity contribution in [2.75, 3.05) is 19.7 Å². The van der Waals surface area contributed by atoms with Crippen LogP contribution in [-0.2, 0) is 9.53 Å². The highest BCUT2D eigenvalue weighted by molar-refractivity contribution is 9.10. The Kier molecular flexibility index (Phi) is 4.31. The molecule has 104 valence electrons. The molecule has 0 aromatic heterocycles. The fourth-order valence-electron chi connectivity index (χ4n) is 2.19. The molecular formula is C15H20BrNO2. The van der Waals surface area contributed by atoms with Crippen molar-refractivity contribution < 1.29 is 9.53 Å². The molecule has 3 nitrogen and oxygen atoms in total. The molecule has 1 aliphatic heterocycles. The van der Waals surface area contributed by atoms with Gasteiger partial charge < -0.3 is 9.64 Å². The molecule has 0 saturated carbocycles. The number of carbonyl (C=O) groups excluding carboxylic acids is 1. The van der Waals surface area contributed by atoms with E-state index in [1.807, 2.05) is 49.9 Å². The molecule has 1 atom stereocenters. The van der Waals surface area contributed by atoms with Gasteiger partial charge in [0, 0.05) is 16.4 Å². The summed E-state index contributed by atoms with van der Waals surface area (Å²) in [5.74, 6) is 0.193. The number of morpholine rings is 1. The van der Waals surface area contributed by atoms with Gasteiger partial charge in [0.05, 0.1) is 13.2 Å². The van der Waals surface area contributed by atoms with E-state index in [-0.39, 0.29) is 17.4 Å². The SMILES string of the molecule is CC(C)(C)C(=O)N1CCOC(c2ccc(Br)cc2)C1. The van der Waals surface area contributed by atoms with E-state index >= 15 is 0 Å². The van der Waals surface area contributed by atoms with Crippen LogP contribution in [0.5, 0.6) is 0 Å². The zero-order valence-corrected chi connectivity index (χ0v) is 13.2. The van der Waals surface area contributed by atoms with Gasteiger partial charge >= 0.3 is 0 Å². The number of nitrogens with zero attached hydrogens (tertiary/aromatic N) is 1. The van der Waals surface area contributed by atoms with Crippen molar-refractivity contribution in [3.63, 3.8) is 0 Å². The molecule has 0 N–H and O–H groups in total. The molecule has 1 aliphatic rings. The summed E-state index contributed by atoms with van der Waals surface area (Å²) in [6, 6.07) is 8.09. The molecule has 2 rings (SSSR count). The lowest BCUT2D eigenvalue weighted by atomic mass is 9.94. The highest BCUT2D eigenvalue weighted by Crippen LogP contribution is 2.26. The molecule has 1 amide bonds. The Bertz CT molecular complexity index is 450. The third-order valence-corrected chi connectivity index (χ3v) is 3.77. The van der Waals surface area contributed by atoms with Crippen LogP contribution in [0.25, 0.3) is 0 Å². The van der Waals surface area contributed by atoms with Crippen LogP contribution in [0.15, 0.2) is 28.7 Å². The van der Waals surface area contributed by atoms with Crippen molar-refractivity contribution in [3.05, 3.63) is 34.3 Å². The second-order valence-corrected chi connectivity index (χ2v) is 6.83. The molecule has 0 spiro atoms. The molecule has 1 aromatic rings. The summed E-state index contributed by atoms with van der Waals surface area (Å²) in [5.41, 5.74) is 0.788. The second kappa shape index (κ2) is 5.63. The third-order valence-electron chi connectivity index (χ3n) is 3.24. The van der Waals surface area contributed by atoms with Crippen LogP contribution < -0.4 is 0 Å². The Balaban J connectivity index is 2.09. The number of halogens is 1. The normalized spacial score (nSPS) is 20.4. The monoisotopic (exact) mass is 325 g/mol. The van der Waals surface area contributed by atoms with E-state index < -0.39 is 0 Å². The molecule has 0 aliphatic carbocycles. The fourth-order valence-corrected chi connectivity index (χ4v) is 2.45. The van der Waals surface area contributed by atoms with Crippen LogP contribution >= 0.6 is 15.9 Å². The van der Waals surface area contributed by atoms with Gasteiger partial charge in [0.15, 0.2) is 0 Å². The summed E-state index contributed by atoms with van der Waals surface area (Å²) in [5, 5.41) is 0. The first-order valence-corrected chi connectivity index (χ1v) is 7.33. The van der Waals surface area contributed by atoms with Gasteiger partial charge in [-0.15, -0.1) is 0 Å². The predicted octanol–water partition coefficient (Wildman–Crippen LogP) is 3.40. The smallest absolute Gasteiger partial charge is 0.228 e. The summed E-state index contributed by atoms with van der Waals surface area (Å²) >= 11 is 3.43. The average Bonchev–Trinajstić information content (AvgIpc) is 2.38. The molecule has 1 unspecified atom stereocenters. The third kappa shape index (κ3) is 3.57. The summed E-state index contributed by atoms with van der Waals surface area (Å²) in [6.45, 7) is 7.79. The Hall–Kier alpha value is -0.870. The van der Waals surface area contributed by atoms with E-state index in [2.05, 4.69) is 15.9 Å². The largest absolute Gasteiger partial charge is 0.370 e. The lowest BCUT2D eigenvalue weighted by Gasteiger charge is -2.36. The van der Waals surface area contributed by atoms with Crippen molar-refractivity contribution in [1.29, 1.82) is 0 Å². The Morgan fingerprint density at radius 3 is 2.53 bits per heavy atom. The summed E-state index contributed by atoms with van der Waals surface area (Å²) < 4.78 is 6.84. The maximum atomic E-state index is 12.3. The van der Waals surface area contributed by atoms with Gasteiger partial charge in [-0.1, -0.05) is 48.8 Å². The highest BCUT2D eigenvalue weighted by Gasteiger charge is 2.31. The van der Waals surface area contributed by atoms with E-state index in [1.54, 1.807) is 0 Å². The molecule has 1 saturated heterocycles. The minimum absolute atomic E-state index is 0.0202. The number of hydrogen-bond acceptors (Lipinski definition) is 2. The molecular weight excluding hydrogens is 306 g/mol. The van der Waals surface area contributed by atoms with Crippen LogP contribution in [-0.4, -0.2) is 30.5 Å². The van der Waals surface area contributed by atoms with E-state index in [0.717, 1.165) is 10.0 Å². The lowest BCUT2D eigenvalue weighted by molar-refractivity contribution is -0.147. The van der Waals surface area contributed by atoms with Crippen LogP contribution in [0.3, 0.4) is 0 Å². The molecule has 4 heteroatoms. The minimum Gasteiger partial charge on any atom is -0.370 e. The van der Waals surface area contributed by atoms with Gasteiger partial charge in [0.2, 0.25) is 5.91 Å². The Labute approximate surface area is 123 Å². The van der Waals surface area contributed by atoms with Crippen LogP contribution in [0, 0.1) is 5.41 Å². The quantitative estimate of drug-likeness (QED) is 0.792. The zero-order valence-electron chi connectivity index (χ0n) is 11.6. The number of hydrogen-bond donors (Lipinski definition) is 0.